The van der Waals surface area contributed by atoms with Crippen LogP contribution in [0, 0.1) is 11.8 Å². The lowest BCUT2D eigenvalue weighted by Gasteiger charge is -2.13. The summed E-state index contributed by atoms with van der Waals surface area (Å²) in [7, 11) is 0. The molecule has 0 aliphatic carbocycles. The van der Waals surface area contributed by atoms with E-state index in [1.165, 1.54) is 12.1 Å². The Hall–Kier alpha value is -1.67. The number of alkyl halides is 3. The van der Waals surface area contributed by atoms with Crippen LogP contribution in [0.5, 0.6) is 5.75 Å². The molecule has 0 saturated heterocycles. The molecule has 0 radical (unpaired) electrons. The van der Waals surface area contributed by atoms with Crippen molar-refractivity contribution in [2.24, 2.45) is 0 Å². The summed E-state index contributed by atoms with van der Waals surface area (Å²) in [6.07, 6.45) is -4.65. The van der Waals surface area contributed by atoms with Crippen molar-refractivity contribution in [2.45, 2.75) is 26.3 Å². The molecule has 0 aliphatic rings. The van der Waals surface area contributed by atoms with Crippen LogP contribution in [0.4, 0.5) is 13.2 Å². The van der Waals surface area contributed by atoms with Gasteiger partial charge in [0, 0.05) is 6.04 Å². The molecule has 0 heterocycles. The quantitative estimate of drug-likeness (QED) is 0.836. The van der Waals surface area contributed by atoms with Gasteiger partial charge in [0.2, 0.25) is 0 Å². The van der Waals surface area contributed by atoms with Gasteiger partial charge in [-0.3, -0.25) is 5.32 Å². The Labute approximate surface area is 104 Å². The molecule has 5 heteroatoms. The van der Waals surface area contributed by atoms with Gasteiger partial charge in [-0.25, -0.2) is 0 Å². The standard InChI is InChI=1S/C13H14F3NO/c1-3-4-9-17-10(2)11-5-7-12(8-6-11)18-13(14,15)16/h5-8,10,17H,9H2,1-2H3. The average Bonchev–Trinajstić information content (AvgIpc) is 2.28. The molecule has 98 valence electrons. The lowest BCUT2D eigenvalue weighted by Crippen LogP contribution is -2.19. The first-order valence-electron chi connectivity index (χ1n) is 5.41. The van der Waals surface area contributed by atoms with E-state index in [0.717, 1.165) is 5.56 Å². The van der Waals surface area contributed by atoms with Gasteiger partial charge in [-0.05, 0) is 31.5 Å². The molecule has 0 spiro atoms. The van der Waals surface area contributed by atoms with Crippen LogP contribution in [0.25, 0.3) is 0 Å². The number of nitrogens with one attached hydrogen (secondary N) is 1. The number of benzene rings is 1. The van der Waals surface area contributed by atoms with Crippen LogP contribution in [-0.4, -0.2) is 12.9 Å². The summed E-state index contributed by atoms with van der Waals surface area (Å²) in [5, 5.41) is 3.13. The van der Waals surface area contributed by atoms with Crippen molar-refractivity contribution < 1.29 is 17.9 Å². The monoisotopic (exact) mass is 257 g/mol. The van der Waals surface area contributed by atoms with Crippen molar-refractivity contribution >= 4 is 0 Å². The average molecular weight is 257 g/mol. The topological polar surface area (TPSA) is 21.3 Å². The molecule has 0 aliphatic heterocycles. The van der Waals surface area contributed by atoms with Crippen LogP contribution in [0.1, 0.15) is 25.5 Å². The Morgan fingerprint density at radius 2 is 1.89 bits per heavy atom. The van der Waals surface area contributed by atoms with E-state index in [4.69, 9.17) is 0 Å². The van der Waals surface area contributed by atoms with E-state index in [1.54, 1.807) is 19.1 Å². The SMILES string of the molecule is CC#CCNC(C)c1ccc(OC(F)(F)F)cc1. The Balaban J connectivity index is 2.61. The molecular weight excluding hydrogens is 243 g/mol. The second kappa shape index (κ2) is 6.31. The van der Waals surface area contributed by atoms with E-state index in [-0.39, 0.29) is 11.8 Å². The fourth-order valence-electron chi connectivity index (χ4n) is 1.37. The maximum absolute atomic E-state index is 12.0. The zero-order valence-corrected chi connectivity index (χ0v) is 10.1. The van der Waals surface area contributed by atoms with Gasteiger partial charge in [-0.15, -0.1) is 19.1 Å². The van der Waals surface area contributed by atoms with E-state index < -0.39 is 6.36 Å². The second-order valence-electron chi connectivity index (χ2n) is 3.65. The van der Waals surface area contributed by atoms with Gasteiger partial charge >= 0.3 is 6.36 Å². The normalized spacial score (nSPS) is 12.5. The second-order valence-corrected chi connectivity index (χ2v) is 3.65. The third-order valence-corrected chi connectivity index (χ3v) is 2.29. The molecule has 0 saturated carbocycles. The van der Waals surface area contributed by atoms with Crippen LogP contribution in [0.3, 0.4) is 0 Å². The first-order valence-corrected chi connectivity index (χ1v) is 5.41. The molecule has 1 aromatic rings. The van der Waals surface area contributed by atoms with Crippen molar-refractivity contribution in [3.63, 3.8) is 0 Å². The van der Waals surface area contributed by atoms with Crippen molar-refractivity contribution in [1.82, 2.24) is 5.32 Å². The largest absolute Gasteiger partial charge is 0.573 e. The molecule has 18 heavy (non-hydrogen) atoms. The maximum atomic E-state index is 12.0. The van der Waals surface area contributed by atoms with E-state index >= 15 is 0 Å². The van der Waals surface area contributed by atoms with Crippen LogP contribution in [0.2, 0.25) is 0 Å². The van der Waals surface area contributed by atoms with Crippen molar-refractivity contribution in [3.05, 3.63) is 29.8 Å². The van der Waals surface area contributed by atoms with E-state index in [9.17, 15) is 13.2 Å². The third-order valence-electron chi connectivity index (χ3n) is 2.29. The van der Waals surface area contributed by atoms with Crippen molar-refractivity contribution in [1.29, 1.82) is 0 Å². The molecule has 1 rings (SSSR count). The van der Waals surface area contributed by atoms with Crippen LogP contribution < -0.4 is 10.1 Å². The lowest BCUT2D eigenvalue weighted by molar-refractivity contribution is -0.274. The third kappa shape index (κ3) is 5.11. The minimum Gasteiger partial charge on any atom is -0.406 e. The molecule has 1 atom stereocenters. The Kier molecular flexibility index (Phi) is 5.05. The number of hydrogen-bond acceptors (Lipinski definition) is 2. The van der Waals surface area contributed by atoms with Crippen molar-refractivity contribution in [3.8, 4) is 17.6 Å². The van der Waals surface area contributed by atoms with Gasteiger partial charge in [0.25, 0.3) is 0 Å². The molecule has 0 fully saturated rings. The van der Waals surface area contributed by atoms with Gasteiger partial charge in [0.1, 0.15) is 5.75 Å². The first-order chi connectivity index (χ1) is 8.42. The summed E-state index contributed by atoms with van der Waals surface area (Å²) in [6.45, 7) is 4.20. The molecule has 2 nitrogen and oxygen atoms in total. The Morgan fingerprint density at radius 1 is 1.28 bits per heavy atom. The molecule has 1 unspecified atom stereocenters. The number of halogens is 3. The molecule has 0 aromatic heterocycles. The zero-order chi connectivity index (χ0) is 13.6. The van der Waals surface area contributed by atoms with Crippen LogP contribution >= 0.6 is 0 Å². The molecule has 1 aromatic carbocycles. The van der Waals surface area contributed by atoms with E-state index in [1.807, 2.05) is 6.92 Å². The Morgan fingerprint density at radius 3 is 2.39 bits per heavy atom. The summed E-state index contributed by atoms with van der Waals surface area (Å²) in [6, 6.07) is 5.81. The fraction of sp³-hybridized carbons (Fsp3) is 0.385. The van der Waals surface area contributed by atoms with Crippen LogP contribution in [0.15, 0.2) is 24.3 Å². The number of ether oxygens (including phenoxy) is 1. The van der Waals surface area contributed by atoms with Crippen molar-refractivity contribution in [2.75, 3.05) is 6.54 Å². The highest BCUT2D eigenvalue weighted by Crippen LogP contribution is 2.24. The summed E-state index contributed by atoms with van der Waals surface area (Å²) < 4.78 is 39.7. The van der Waals surface area contributed by atoms with E-state index in [2.05, 4.69) is 21.9 Å². The minimum atomic E-state index is -4.65. The highest BCUT2D eigenvalue weighted by atomic mass is 19.4. The number of hydrogen-bond donors (Lipinski definition) is 1. The minimum absolute atomic E-state index is 0.0192. The molecular formula is C13H14F3NO. The molecule has 0 amide bonds. The molecule has 0 bridgehead atoms. The highest BCUT2D eigenvalue weighted by molar-refractivity contribution is 5.29. The first kappa shape index (κ1) is 14.4. The highest BCUT2D eigenvalue weighted by Gasteiger charge is 2.30. The Bertz CT molecular complexity index is 428. The zero-order valence-electron chi connectivity index (χ0n) is 10.1. The predicted molar refractivity (Wildman–Crippen MR) is 63.0 cm³/mol. The van der Waals surface area contributed by atoms with E-state index in [0.29, 0.717) is 6.54 Å². The van der Waals surface area contributed by atoms with Gasteiger partial charge in [-0.1, -0.05) is 18.1 Å². The maximum Gasteiger partial charge on any atom is 0.573 e. The van der Waals surface area contributed by atoms with Gasteiger partial charge in [0.05, 0.1) is 6.54 Å². The van der Waals surface area contributed by atoms with Gasteiger partial charge in [-0.2, -0.15) is 0 Å². The summed E-state index contributed by atoms with van der Waals surface area (Å²) >= 11 is 0. The smallest absolute Gasteiger partial charge is 0.406 e. The van der Waals surface area contributed by atoms with Gasteiger partial charge < -0.3 is 4.74 Å². The summed E-state index contributed by atoms with van der Waals surface area (Å²) in [5.41, 5.74) is 0.877. The molecule has 1 N–H and O–H groups in total. The lowest BCUT2D eigenvalue weighted by atomic mass is 10.1. The predicted octanol–water partition coefficient (Wildman–Crippen LogP) is 3.26. The van der Waals surface area contributed by atoms with Crippen LogP contribution in [-0.2, 0) is 0 Å². The summed E-state index contributed by atoms with van der Waals surface area (Å²) in [5.74, 6) is 5.39. The van der Waals surface area contributed by atoms with Gasteiger partial charge in [0.15, 0.2) is 0 Å². The summed E-state index contributed by atoms with van der Waals surface area (Å²) in [4.78, 5) is 0. The number of rotatable bonds is 4. The fourth-order valence-corrected chi connectivity index (χ4v) is 1.37.